The Bertz CT molecular complexity index is 1340. The fourth-order valence-electron chi connectivity index (χ4n) is 5.39. The quantitative estimate of drug-likeness (QED) is 0.550. The molecule has 0 unspecified atom stereocenters. The number of aromatic nitrogens is 3. The Morgan fingerprint density at radius 3 is 2.74 bits per heavy atom. The van der Waals surface area contributed by atoms with Crippen molar-refractivity contribution in [2.45, 2.75) is 56.8 Å². The molecule has 34 heavy (non-hydrogen) atoms. The predicted molar refractivity (Wildman–Crippen MR) is 125 cm³/mol. The van der Waals surface area contributed by atoms with Crippen LogP contribution in [0.25, 0.3) is 11.0 Å². The summed E-state index contributed by atoms with van der Waals surface area (Å²) in [6.07, 6.45) is 4.07. The summed E-state index contributed by atoms with van der Waals surface area (Å²) in [5.41, 5.74) is 1.85. The molecule has 9 heteroatoms. The minimum absolute atomic E-state index is 0.0404. The van der Waals surface area contributed by atoms with Gasteiger partial charge in [0.05, 0.1) is 5.39 Å². The van der Waals surface area contributed by atoms with Crippen molar-refractivity contribution in [3.63, 3.8) is 0 Å². The van der Waals surface area contributed by atoms with E-state index in [1.165, 1.54) is 11.6 Å². The Labute approximate surface area is 201 Å². The van der Waals surface area contributed by atoms with Crippen molar-refractivity contribution in [1.29, 1.82) is 0 Å². The Morgan fingerprint density at radius 1 is 1.12 bits per heavy atom. The highest BCUT2D eigenvalue weighted by Crippen LogP contribution is 2.49. The number of Topliss-reactive ketones (excluding diaryl/α,β-unsaturated/α-hetero) is 1. The summed E-state index contributed by atoms with van der Waals surface area (Å²) in [7, 11) is 0. The third-order valence-electron chi connectivity index (χ3n) is 7.24. The van der Waals surface area contributed by atoms with Crippen LogP contribution in [0.4, 0.5) is 0 Å². The van der Waals surface area contributed by atoms with Gasteiger partial charge >= 0.3 is 0 Å². The van der Waals surface area contributed by atoms with Crippen LogP contribution in [0.2, 0.25) is 5.02 Å². The second-order valence-corrected chi connectivity index (χ2v) is 9.94. The molecule has 5 atom stereocenters. The summed E-state index contributed by atoms with van der Waals surface area (Å²) in [5.74, 6) is 0.131. The molecule has 1 aliphatic heterocycles. The molecule has 6 rings (SSSR count). The number of carbonyl (C=O) groups is 3. The van der Waals surface area contributed by atoms with E-state index in [-0.39, 0.29) is 42.1 Å². The van der Waals surface area contributed by atoms with Crippen molar-refractivity contribution in [1.82, 2.24) is 25.0 Å². The molecule has 0 radical (unpaired) electrons. The first-order valence-corrected chi connectivity index (χ1v) is 12.0. The van der Waals surface area contributed by atoms with Gasteiger partial charge in [-0.25, -0.2) is 9.67 Å². The molecule has 3 fully saturated rings. The van der Waals surface area contributed by atoms with E-state index in [0.717, 1.165) is 18.4 Å². The maximum atomic E-state index is 13.4. The minimum atomic E-state index is -0.481. The summed E-state index contributed by atoms with van der Waals surface area (Å²) in [4.78, 5) is 44.6. The van der Waals surface area contributed by atoms with Gasteiger partial charge in [-0.15, -0.1) is 0 Å². The Morgan fingerprint density at radius 2 is 1.94 bits per heavy atom. The summed E-state index contributed by atoms with van der Waals surface area (Å²) < 4.78 is 1.48. The van der Waals surface area contributed by atoms with E-state index in [2.05, 4.69) is 15.4 Å². The number of halogens is 1. The van der Waals surface area contributed by atoms with Crippen molar-refractivity contribution >= 4 is 40.2 Å². The maximum absolute atomic E-state index is 13.4. The van der Waals surface area contributed by atoms with E-state index < -0.39 is 6.04 Å². The van der Waals surface area contributed by atoms with Crippen molar-refractivity contribution in [2.24, 2.45) is 5.92 Å². The number of hydrogen-bond acceptors (Lipinski definition) is 5. The number of likely N-dealkylation sites (tertiary alicyclic amines) is 1. The van der Waals surface area contributed by atoms with Crippen molar-refractivity contribution in [3.05, 3.63) is 58.9 Å². The first-order chi connectivity index (χ1) is 16.4. The van der Waals surface area contributed by atoms with E-state index in [0.29, 0.717) is 34.1 Å². The summed E-state index contributed by atoms with van der Waals surface area (Å²) in [6.45, 7) is 1.39. The molecular weight excluding hydrogens is 454 g/mol. The molecule has 8 nitrogen and oxygen atoms in total. The van der Waals surface area contributed by atoms with E-state index in [1.807, 2.05) is 24.3 Å². The van der Waals surface area contributed by atoms with Gasteiger partial charge < -0.3 is 10.2 Å². The number of fused-ring (bicyclic) bond motifs is 2. The van der Waals surface area contributed by atoms with Crippen LogP contribution in [0.3, 0.4) is 0 Å². The largest absolute Gasteiger partial charge is 0.351 e. The second-order valence-electron chi connectivity index (χ2n) is 9.53. The van der Waals surface area contributed by atoms with Gasteiger partial charge in [0, 0.05) is 36.1 Å². The van der Waals surface area contributed by atoms with Crippen molar-refractivity contribution in [2.75, 3.05) is 0 Å². The molecule has 1 saturated heterocycles. The molecule has 2 amide bonds. The zero-order chi connectivity index (χ0) is 23.6. The topological polar surface area (TPSA) is 97.2 Å². The number of carbonyl (C=O) groups excluding carboxylic acids is 3. The van der Waals surface area contributed by atoms with Crippen LogP contribution in [0.5, 0.6) is 0 Å². The number of rotatable bonds is 6. The first kappa shape index (κ1) is 21.3. The molecule has 1 N–H and O–H groups in total. The average molecular weight is 478 g/mol. The van der Waals surface area contributed by atoms with Crippen LogP contribution in [-0.2, 0) is 16.1 Å². The molecule has 2 aliphatic carbocycles. The van der Waals surface area contributed by atoms with Gasteiger partial charge in [-0.05, 0) is 48.9 Å². The van der Waals surface area contributed by atoms with Crippen molar-refractivity contribution < 1.29 is 14.4 Å². The first-order valence-electron chi connectivity index (χ1n) is 11.6. The number of amides is 2. The maximum Gasteiger partial charge on any atom is 0.245 e. The van der Waals surface area contributed by atoms with Gasteiger partial charge in [-0.1, -0.05) is 29.8 Å². The van der Waals surface area contributed by atoms with Crippen molar-refractivity contribution in [3.8, 4) is 0 Å². The molecule has 0 spiro atoms. The predicted octanol–water partition coefficient (Wildman–Crippen LogP) is 2.95. The molecule has 3 aliphatic rings. The minimum Gasteiger partial charge on any atom is -0.351 e. The fourth-order valence-corrected chi connectivity index (χ4v) is 5.67. The molecule has 2 saturated carbocycles. The van der Waals surface area contributed by atoms with Gasteiger partial charge in [0.2, 0.25) is 11.8 Å². The number of hydrogen-bond donors (Lipinski definition) is 1. The standard InChI is InChI=1S/C25H24ClN5O3/c1-13(32)23-16-6-4-8-27-24(16)30(29-23)12-22(33)31-20-9-14(20)10-21(31)25(34)28-19-11-17(19)15-5-2-3-7-18(15)26/h2-8,14,17,19-21H,9-12H2,1H3,(H,28,34)/t14-,17+,19-,20-,21+/m1/s1. The fraction of sp³-hybridized carbons (Fsp3) is 0.400. The molecular formula is C25H24ClN5O3. The molecule has 1 aromatic carbocycles. The van der Waals surface area contributed by atoms with E-state index >= 15 is 0 Å². The Balaban J connectivity index is 1.17. The lowest BCUT2D eigenvalue weighted by atomic mass is 10.1. The van der Waals surface area contributed by atoms with E-state index in [4.69, 9.17) is 11.6 Å². The number of benzene rings is 1. The van der Waals surface area contributed by atoms with Crippen LogP contribution >= 0.6 is 11.6 Å². The van der Waals surface area contributed by atoms with Crippen LogP contribution in [0.15, 0.2) is 42.6 Å². The van der Waals surface area contributed by atoms with Crippen LogP contribution in [0.1, 0.15) is 48.2 Å². The molecule has 0 bridgehead atoms. The molecule has 2 aromatic heterocycles. The van der Waals surface area contributed by atoms with Gasteiger partial charge in [-0.2, -0.15) is 5.10 Å². The highest BCUT2D eigenvalue weighted by atomic mass is 35.5. The molecule has 174 valence electrons. The zero-order valence-corrected chi connectivity index (χ0v) is 19.4. The normalized spacial score (nSPS) is 26.9. The highest BCUT2D eigenvalue weighted by molar-refractivity contribution is 6.31. The van der Waals surface area contributed by atoms with E-state index in [9.17, 15) is 14.4 Å². The summed E-state index contributed by atoms with van der Waals surface area (Å²) >= 11 is 6.32. The van der Waals surface area contributed by atoms with E-state index in [1.54, 1.807) is 23.2 Å². The summed E-state index contributed by atoms with van der Waals surface area (Å²) in [5, 5.41) is 8.85. The lowest BCUT2D eigenvalue weighted by Crippen LogP contribution is -2.49. The molecule has 3 aromatic rings. The Kier molecular flexibility index (Phi) is 4.95. The zero-order valence-electron chi connectivity index (χ0n) is 18.6. The molecule has 3 heterocycles. The second kappa shape index (κ2) is 7.91. The van der Waals surface area contributed by atoms with Gasteiger partial charge in [0.1, 0.15) is 18.3 Å². The smallest absolute Gasteiger partial charge is 0.245 e. The number of pyridine rings is 1. The van der Waals surface area contributed by atoms with Gasteiger partial charge in [0.25, 0.3) is 0 Å². The lowest BCUT2D eigenvalue weighted by Gasteiger charge is -2.27. The van der Waals surface area contributed by atoms with Crippen LogP contribution in [0, 0.1) is 5.92 Å². The third-order valence-corrected chi connectivity index (χ3v) is 7.59. The SMILES string of the molecule is CC(=O)c1nn(CC(=O)N2[C@@H]3C[C@@H]3C[C@H]2C(=O)N[C@@H]2C[C@H]2c2ccccc2Cl)c2ncccc12. The highest BCUT2D eigenvalue weighted by Gasteiger charge is 2.56. The average Bonchev–Trinajstić information content (AvgIpc) is 3.69. The van der Waals surface area contributed by atoms with Crippen LogP contribution < -0.4 is 5.32 Å². The number of nitrogens with zero attached hydrogens (tertiary/aromatic N) is 4. The number of ketones is 1. The van der Waals surface area contributed by atoms with Gasteiger partial charge in [0.15, 0.2) is 11.4 Å². The van der Waals surface area contributed by atoms with Crippen LogP contribution in [-0.4, -0.2) is 55.4 Å². The third kappa shape index (κ3) is 3.57. The lowest BCUT2D eigenvalue weighted by molar-refractivity contribution is -0.140. The van der Waals surface area contributed by atoms with Gasteiger partial charge in [-0.3, -0.25) is 14.4 Å². The monoisotopic (exact) mass is 477 g/mol. The summed E-state index contributed by atoms with van der Waals surface area (Å²) in [6, 6.07) is 10.9. The number of piperidine rings is 1. The Hall–Kier alpha value is -3.26. The number of nitrogens with one attached hydrogen (secondary N) is 1.